The summed E-state index contributed by atoms with van der Waals surface area (Å²) in [6.07, 6.45) is 0.953. The van der Waals surface area contributed by atoms with Crippen LogP contribution in [0.25, 0.3) is 10.2 Å². The number of hydrogen-bond acceptors (Lipinski definition) is 4. The first-order chi connectivity index (χ1) is 11.5. The second-order valence-electron chi connectivity index (χ2n) is 5.72. The van der Waals surface area contributed by atoms with E-state index in [0.717, 1.165) is 21.8 Å². The second-order valence-corrected chi connectivity index (χ2v) is 6.96. The number of aromatic nitrogens is 2. The summed E-state index contributed by atoms with van der Waals surface area (Å²) in [6, 6.07) is 9.53. The Morgan fingerprint density at radius 3 is 2.62 bits per heavy atom. The van der Waals surface area contributed by atoms with E-state index >= 15 is 0 Å². The summed E-state index contributed by atoms with van der Waals surface area (Å²) >= 11 is 1.49. The van der Waals surface area contributed by atoms with Gasteiger partial charge in [0.05, 0.1) is 5.39 Å². The van der Waals surface area contributed by atoms with Crippen molar-refractivity contribution < 1.29 is 4.79 Å². The van der Waals surface area contributed by atoms with Crippen LogP contribution in [0.4, 0.5) is 5.69 Å². The maximum absolute atomic E-state index is 12.6. The van der Waals surface area contributed by atoms with Crippen LogP contribution in [0.3, 0.4) is 0 Å². The number of aryl methyl sites for hydroxylation is 3. The average molecular weight is 341 g/mol. The van der Waals surface area contributed by atoms with Gasteiger partial charge in [-0.2, -0.15) is 0 Å². The Balaban J connectivity index is 1.83. The van der Waals surface area contributed by atoms with Gasteiger partial charge < -0.3 is 5.32 Å². The molecule has 5 nitrogen and oxygen atoms in total. The lowest BCUT2D eigenvalue weighted by molar-refractivity contribution is -0.116. The van der Waals surface area contributed by atoms with Crippen LogP contribution in [-0.4, -0.2) is 15.5 Å². The molecule has 1 amide bonds. The molecule has 0 aliphatic heterocycles. The largest absolute Gasteiger partial charge is 0.325 e. The van der Waals surface area contributed by atoms with Gasteiger partial charge in [-0.05, 0) is 44.0 Å². The Bertz CT molecular complexity index is 955. The predicted molar refractivity (Wildman–Crippen MR) is 97.8 cm³/mol. The molecule has 3 rings (SSSR count). The zero-order valence-electron chi connectivity index (χ0n) is 13.9. The number of thiophene rings is 1. The third-order valence-corrected chi connectivity index (χ3v) is 4.86. The SMILES string of the molecule is CCc1ccc(NC(=O)Cn2c(C)nc3sc(C)cc3c2=O)cc1. The van der Waals surface area contributed by atoms with Crippen LogP contribution in [0.1, 0.15) is 23.2 Å². The van der Waals surface area contributed by atoms with E-state index in [4.69, 9.17) is 0 Å². The van der Waals surface area contributed by atoms with E-state index < -0.39 is 0 Å². The van der Waals surface area contributed by atoms with Crippen molar-refractivity contribution in [3.63, 3.8) is 0 Å². The number of hydrogen-bond donors (Lipinski definition) is 1. The first-order valence-electron chi connectivity index (χ1n) is 7.84. The maximum atomic E-state index is 12.6. The molecule has 0 saturated heterocycles. The summed E-state index contributed by atoms with van der Waals surface area (Å²) in [4.78, 5) is 31.1. The number of carbonyl (C=O) groups is 1. The second kappa shape index (κ2) is 6.57. The first-order valence-corrected chi connectivity index (χ1v) is 8.66. The van der Waals surface area contributed by atoms with Gasteiger partial charge in [0.25, 0.3) is 5.56 Å². The minimum Gasteiger partial charge on any atom is -0.325 e. The lowest BCUT2D eigenvalue weighted by Gasteiger charge is -2.10. The van der Waals surface area contributed by atoms with Gasteiger partial charge in [-0.15, -0.1) is 11.3 Å². The Hall–Kier alpha value is -2.47. The third-order valence-electron chi connectivity index (χ3n) is 3.91. The van der Waals surface area contributed by atoms with Crippen LogP contribution < -0.4 is 10.9 Å². The van der Waals surface area contributed by atoms with Gasteiger partial charge in [-0.1, -0.05) is 19.1 Å². The number of amides is 1. The van der Waals surface area contributed by atoms with Crippen molar-refractivity contribution in [3.05, 3.63) is 57.0 Å². The number of nitrogens with zero attached hydrogens (tertiary/aromatic N) is 2. The summed E-state index contributed by atoms with van der Waals surface area (Å²) in [6.45, 7) is 5.73. The molecule has 1 N–H and O–H groups in total. The quantitative estimate of drug-likeness (QED) is 0.792. The van der Waals surface area contributed by atoms with Crippen LogP contribution in [0, 0.1) is 13.8 Å². The topological polar surface area (TPSA) is 64.0 Å². The predicted octanol–water partition coefficient (Wildman–Crippen LogP) is 3.28. The Morgan fingerprint density at radius 1 is 1.25 bits per heavy atom. The molecule has 3 aromatic rings. The number of carbonyl (C=O) groups excluding carboxylic acids is 1. The van der Waals surface area contributed by atoms with Crippen molar-refractivity contribution in [2.45, 2.75) is 33.7 Å². The van der Waals surface area contributed by atoms with Crippen LogP contribution in [0.5, 0.6) is 0 Å². The van der Waals surface area contributed by atoms with E-state index in [1.807, 2.05) is 37.3 Å². The molecule has 0 saturated carbocycles. The molecule has 0 aliphatic carbocycles. The van der Waals surface area contributed by atoms with Gasteiger partial charge in [0.1, 0.15) is 17.2 Å². The normalized spacial score (nSPS) is 11.0. The van der Waals surface area contributed by atoms with Gasteiger partial charge >= 0.3 is 0 Å². The number of rotatable bonds is 4. The van der Waals surface area contributed by atoms with Crippen molar-refractivity contribution in [2.75, 3.05) is 5.32 Å². The number of anilines is 1. The van der Waals surface area contributed by atoms with Crippen LogP contribution in [0.15, 0.2) is 35.1 Å². The average Bonchev–Trinajstić information content (AvgIpc) is 2.92. The molecule has 0 atom stereocenters. The van der Waals surface area contributed by atoms with Crippen molar-refractivity contribution in [1.82, 2.24) is 9.55 Å². The maximum Gasteiger partial charge on any atom is 0.262 e. The fraction of sp³-hybridized carbons (Fsp3) is 0.278. The third kappa shape index (κ3) is 3.23. The molecule has 0 spiro atoms. The highest BCUT2D eigenvalue weighted by Gasteiger charge is 2.13. The highest BCUT2D eigenvalue weighted by atomic mass is 32.1. The van der Waals surface area contributed by atoms with E-state index in [2.05, 4.69) is 17.2 Å². The molecule has 124 valence electrons. The minimum atomic E-state index is -0.238. The van der Waals surface area contributed by atoms with Gasteiger partial charge in [0.15, 0.2) is 0 Å². The first kappa shape index (κ1) is 16.4. The zero-order chi connectivity index (χ0) is 17.3. The summed E-state index contributed by atoms with van der Waals surface area (Å²) in [5.74, 6) is 0.309. The summed E-state index contributed by atoms with van der Waals surface area (Å²) in [7, 11) is 0. The molecular formula is C18H19N3O2S. The molecule has 24 heavy (non-hydrogen) atoms. The number of fused-ring (bicyclic) bond motifs is 1. The van der Waals surface area contributed by atoms with E-state index in [-0.39, 0.29) is 18.0 Å². The lowest BCUT2D eigenvalue weighted by Crippen LogP contribution is -2.29. The molecule has 2 aromatic heterocycles. The van der Waals surface area contributed by atoms with Crippen molar-refractivity contribution in [3.8, 4) is 0 Å². The van der Waals surface area contributed by atoms with Gasteiger partial charge in [0, 0.05) is 10.6 Å². The molecule has 0 bridgehead atoms. The monoisotopic (exact) mass is 341 g/mol. The summed E-state index contributed by atoms with van der Waals surface area (Å²) in [5, 5.41) is 3.40. The molecule has 0 radical (unpaired) electrons. The van der Waals surface area contributed by atoms with E-state index in [9.17, 15) is 9.59 Å². The highest BCUT2D eigenvalue weighted by molar-refractivity contribution is 7.18. The van der Waals surface area contributed by atoms with Crippen molar-refractivity contribution >= 4 is 33.1 Å². The summed E-state index contributed by atoms with van der Waals surface area (Å²) < 4.78 is 1.42. The number of benzene rings is 1. The molecule has 1 aromatic carbocycles. The molecule has 2 heterocycles. The molecular weight excluding hydrogens is 322 g/mol. The van der Waals surface area contributed by atoms with Crippen LogP contribution >= 0.6 is 11.3 Å². The van der Waals surface area contributed by atoms with Crippen LogP contribution in [-0.2, 0) is 17.8 Å². The molecule has 0 aliphatic rings. The van der Waals surface area contributed by atoms with E-state index in [0.29, 0.717) is 11.2 Å². The van der Waals surface area contributed by atoms with E-state index in [1.54, 1.807) is 6.92 Å². The molecule has 0 fully saturated rings. The number of nitrogens with one attached hydrogen (secondary N) is 1. The van der Waals surface area contributed by atoms with Crippen molar-refractivity contribution in [1.29, 1.82) is 0 Å². The minimum absolute atomic E-state index is 0.0436. The highest BCUT2D eigenvalue weighted by Crippen LogP contribution is 2.20. The standard InChI is InChI=1S/C18H19N3O2S/c1-4-13-5-7-14(8-6-13)20-16(22)10-21-12(3)19-17-15(18(21)23)9-11(2)24-17/h5-9H,4,10H2,1-3H3,(H,20,22). The summed E-state index contributed by atoms with van der Waals surface area (Å²) in [5.41, 5.74) is 1.77. The molecule has 6 heteroatoms. The Kier molecular flexibility index (Phi) is 4.49. The van der Waals surface area contributed by atoms with Crippen molar-refractivity contribution in [2.24, 2.45) is 0 Å². The fourth-order valence-corrected chi connectivity index (χ4v) is 3.51. The lowest BCUT2D eigenvalue weighted by atomic mass is 10.1. The van der Waals surface area contributed by atoms with Gasteiger partial charge in [-0.3, -0.25) is 14.2 Å². The zero-order valence-corrected chi connectivity index (χ0v) is 14.7. The molecule has 0 unspecified atom stereocenters. The van der Waals surface area contributed by atoms with Crippen LogP contribution in [0.2, 0.25) is 0 Å². The van der Waals surface area contributed by atoms with Gasteiger partial charge in [0.2, 0.25) is 5.91 Å². The Labute approximate surface area is 144 Å². The Morgan fingerprint density at radius 2 is 1.96 bits per heavy atom. The van der Waals surface area contributed by atoms with Gasteiger partial charge in [-0.25, -0.2) is 4.98 Å². The smallest absolute Gasteiger partial charge is 0.262 e. The van der Waals surface area contributed by atoms with E-state index in [1.165, 1.54) is 21.5 Å². The fourth-order valence-electron chi connectivity index (χ4n) is 2.59.